The Hall–Kier alpha value is -1.93. The molecule has 2 amide bonds. The Morgan fingerprint density at radius 1 is 1.37 bits per heavy atom. The number of anilines is 1. The number of sulfonamides is 1. The van der Waals surface area contributed by atoms with Gasteiger partial charge in [-0.3, -0.25) is 9.59 Å². The molecule has 19 heavy (non-hydrogen) atoms. The Balaban J connectivity index is 2.20. The van der Waals surface area contributed by atoms with E-state index in [-0.39, 0.29) is 29.5 Å². The number of amides is 2. The predicted octanol–water partition coefficient (Wildman–Crippen LogP) is -0.591. The molecular formula is C11H13N3O4S. The standard InChI is InChI=1S/C11H13N3O4S/c12-19(17,18)9-4-2-1-3-8(9)14-11(16)7-5-10(15)13-6-7/h1-4,7H,5-6H2,(H,13,15)(H,14,16)(H2,12,17,18). The van der Waals surface area contributed by atoms with Gasteiger partial charge in [0.05, 0.1) is 11.6 Å². The second kappa shape index (κ2) is 4.98. The Morgan fingerprint density at radius 2 is 2.05 bits per heavy atom. The highest BCUT2D eigenvalue weighted by molar-refractivity contribution is 7.89. The first-order chi connectivity index (χ1) is 8.88. The number of rotatable bonds is 3. The predicted molar refractivity (Wildman–Crippen MR) is 67.6 cm³/mol. The number of nitrogens with two attached hydrogens (primary N) is 1. The van der Waals surface area contributed by atoms with Gasteiger partial charge in [0, 0.05) is 13.0 Å². The fourth-order valence-corrected chi connectivity index (χ4v) is 2.54. The number of hydrogen-bond donors (Lipinski definition) is 3. The van der Waals surface area contributed by atoms with Crippen molar-refractivity contribution in [2.75, 3.05) is 11.9 Å². The van der Waals surface area contributed by atoms with Crippen molar-refractivity contribution in [2.24, 2.45) is 11.1 Å². The number of primary sulfonamides is 1. The molecule has 2 rings (SSSR count). The molecule has 0 radical (unpaired) electrons. The molecule has 1 fully saturated rings. The lowest BCUT2D eigenvalue weighted by Gasteiger charge is -2.12. The van der Waals surface area contributed by atoms with Gasteiger partial charge in [-0.15, -0.1) is 0 Å². The lowest BCUT2D eigenvalue weighted by molar-refractivity contribution is -0.123. The van der Waals surface area contributed by atoms with Gasteiger partial charge < -0.3 is 10.6 Å². The van der Waals surface area contributed by atoms with E-state index in [0.717, 1.165) is 0 Å². The van der Waals surface area contributed by atoms with Crippen LogP contribution in [0.1, 0.15) is 6.42 Å². The van der Waals surface area contributed by atoms with Gasteiger partial charge in [0.25, 0.3) is 0 Å². The van der Waals surface area contributed by atoms with Gasteiger partial charge in [-0.2, -0.15) is 0 Å². The number of carbonyl (C=O) groups is 2. The molecule has 1 aromatic carbocycles. The maximum Gasteiger partial charge on any atom is 0.240 e. The normalized spacial score (nSPS) is 19.0. The summed E-state index contributed by atoms with van der Waals surface area (Å²) in [5.74, 6) is -1.10. The van der Waals surface area contributed by atoms with Gasteiger partial charge in [-0.05, 0) is 12.1 Å². The minimum atomic E-state index is -3.91. The van der Waals surface area contributed by atoms with E-state index in [1.54, 1.807) is 6.07 Å². The zero-order valence-corrected chi connectivity index (χ0v) is 10.7. The summed E-state index contributed by atoms with van der Waals surface area (Å²) in [5, 5.41) is 10.1. The molecule has 1 aromatic rings. The lowest BCUT2D eigenvalue weighted by Crippen LogP contribution is -2.26. The first kappa shape index (κ1) is 13.5. The van der Waals surface area contributed by atoms with Crippen LogP contribution in [0.25, 0.3) is 0 Å². The minimum absolute atomic E-state index is 0.101. The molecule has 7 nitrogen and oxygen atoms in total. The highest BCUT2D eigenvalue weighted by atomic mass is 32.2. The summed E-state index contributed by atoms with van der Waals surface area (Å²) in [6.45, 7) is 0.252. The van der Waals surface area contributed by atoms with E-state index in [4.69, 9.17) is 5.14 Å². The third-order valence-electron chi connectivity index (χ3n) is 2.80. The molecular weight excluding hydrogens is 270 g/mol. The van der Waals surface area contributed by atoms with Crippen LogP contribution in [0.3, 0.4) is 0 Å². The van der Waals surface area contributed by atoms with Crippen LogP contribution in [0.4, 0.5) is 5.69 Å². The molecule has 1 saturated heterocycles. The second-order valence-electron chi connectivity index (χ2n) is 4.24. The van der Waals surface area contributed by atoms with Crippen molar-refractivity contribution >= 4 is 27.5 Å². The van der Waals surface area contributed by atoms with Crippen LogP contribution in [0, 0.1) is 5.92 Å². The van der Waals surface area contributed by atoms with Crippen LogP contribution in [0.15, 0.2) is 29.2 Å². The van der Waals surface area contributed by atoms with Gasteiger partial charge in [0.15, 0.2) is 0 Å². The molecule has 1 unspecified atom stereocenters. The average Bonchev–Trinajstić information content (AvgIpc) is 2.75. The first-order valence-corrected chi connectivity index (χ1v) is 7.12. The summed E-state index contributed by atoms with van der Waals surface area (Å²) in [6, 6.07) is 5.85. The SMILES string of the molecule is NS(=O)(=O)c1ccccc1NC(=O)C1CNC(=O)C1. The summed E-state index contributed by atoms with van der Waals surface area (Å²) in [7, 11) is -3.91. The molecule has 1 aliphatic rings. The highest BCUT2D eigenvalue weighted by Crippen LogP contribution is 2.21. The third kappa shape index (κ3) is 3.09. The fraction of sp³-hybridized carbons (Fsp3) is 0.273. The maximum atomic E-state index is 11.9. The van der Waals surface area contributed by atoms with Crippen LogP contribution in [-0.4, -0.2) is 26.8 Å². The summed E-state index contributed by atoms with van der Waals surface area (Å²) < 4.78 is 22.7. The van der Waals surface area contributed by atoms with Crippen molar-refractivity contribution in [1.29, 1.82) is 0 Å². The number of carbonyl (C=O) groups excluding carboxylic acids is 2. The van der Waals surface area contributed by atoms with Crippen molar-refractivity contribution in [1.82, 2.24) is 5.32 Å². The second-order valence-corrected chi connectivity index (χ2v) is 5.77. The molecule has 102 valence electrons. The highest BCUT2D eigenvalue weighted by Gasteiger charge is 2.28. The van der Waals surface area contributed by atoms with Crippen molar-refractivity contribution in [3.63, 3.8) is 0 Å². The van der Waals surface area contributed by atoms with Crippen molar-refractivity contribution in [3.8, 4) is 0 Å². The van der Waals surface area contributed by atoms with Gasteiger partial charge in [0.1, 0.15) is 4.90 Å². The molecule has 0 aromatic heterocycles. The van der Waals surface area contributed by atoms with E-state index in [1.165, 1.54) is 18.2 Å². The molecule has 0 bridgehead atoms. The van der Waals surface area contributed by atoms with Crippen molar-refractivity contribution in [3.05, 3.63) is 24.3 Å². The van der Waals surface area contributed by atoms with Crippen LogP contribution in [-0.2, 0) is 19.6 Å². The quantitative estimate of drug-likeness (QED) is 0.687. The Morgan fingerprint density at radius 3 is 2.63 bits per heavy atom. The van der Waals surface area contributed by atoms with Crippen LogP contribution >= 0.6 is 0 Å². The van der Waals surface area contributed by atoms with E-state index in [2.05, 4.69) is 10.6 Å². The minimum Gasteiger partial charge on any atom is -0.355 e. The zero-order valence-electron chi connectivity index (χ0n) is 9.92. The summed E-state index contributed by atoms with van der Waals surface area (Å²) >= 11 is 0. The molecule has 0 aliphatic carbocycles. The molecule has 1 aliphatic heterocycles. The van der Waals surface area contributed by atoms with Gasteiger partial charge in [0.2, 0.25) is 21.8 Å². The lowest BCUT2D eigenvalue weighted by atomic mass is 10.1. The van der Waals surface area contributed by atoms with Gasteiger partial charge >= 0.3 is 0 Å². The largest absolute Gasteiger partial charge is 0.355 e. The van der Waals surface area contributed by atoms with E-state index in [1.807, 2.05) is 0 Å². The maximum absolute atomic E-state index is 11.9. The average molecular weight is 283 g/mol. The fourth-order valence-electron chi connectivity index (χ4n) is 1.84. The summed E-state index contributed by atoms with van der Waals surface area (Å²) in [4.78, 5) is 22.8. The Bertz CT molecular complexity index is 627. The van der Waals surface area contributed by atoms with Crippen LogP contribution in [0.2, 0.25) is 0 Å². The number of para-hydroxylation sites is 1. The third-order valence-corrected chi connectivity index (χ3v) is 3.77. The van der Waals surface area contributed by atoms with Gasteiger partial charge in [-0.25, -0.2) is 13.6 Å². The van der Waals surface area contributed by atoms with E-state index in [9.17, 15) is 18.0 Å². The Labute approximate surface area is 110 Å². The monoisotopic (exact) mass is 283 g/mol. The van der Waals surface area contributed by atoms with Crippen molar-refractivity contribution < 1.29 is 18.0 Å². The Kier molecular flexibility index (Phi) is 3.54. The molecule has 0 saturated carbocycles. The van der Waals surface area contributed by atoms with E-state index in [0.29, 0.717) is 0 Å². The molecule has 0 spiro atoms. The van der Waals surface area contributed by atoms with Gasteiger partial charge in [-0.1, -0.05) is 12.1 Å². The summed E-state index contributed by atoms with van der Waals surface area (Å²) in [6.07, 6.45) is 0.101. The first-order valence-electron chi connectivity index (χ1n) is 5.57. The zero-order chi connectivity index (χ0) is 14.0. The number of nitrogens with one attached hydrogen (secondary N) is 2. The van der Waals surface area contributed by atoms with E-state index >= 15 is 0 Å². The smallest absolute Gasteiger partial charge is 0.240 e. The van der Waals surface area contributed by atoms with Crippen molar-refractivity contribution in [2.45, 2.75) is 11.3 Å². The molecule has 8 heteroatoms. The molecule has 4 N–H and O–H groups in total. The summed E-state index contributed by atoms with van der Waals surface area (Å²) in [5.41, 5.74) is 0.120. The van der Waals surface area contributed by atoms with Crippen LogP contribution in [0.5, 0.6) is 0 Å². The van der Waals surface area contributed by atoms with E-state index < -0.39 is 21.8 Å². The number of benzene rings is 1. The topological polar surface area (TPSA) is 118 Å². The molecule has 1 heterocycles. The van der Waals surface area contributed by atoms with Crippen LogP contribution < -0.4 is 15.8 Å². The number of hydrogen-bond acceptors (Lipinski definition) is 4. The molecule has 1 atom stereocenters.